The van der Waals surface area contributed by atoms with E-state index in [0.29, 0.717) is 0 Å². The maximum absolute atomic E-state index is 9.78. The maximum Gasteiger partial charge on any atom is 0.122 e. The molecule has 0 amide bonds. The van der Waals surface area contributed by atoms with Crippen LogP contribution in [0.25, 0.3) is 0 Å². The molecule has 0 spiro atoms. The second-order valence-corrected chi connectivity index (χ2v) is 9.51. The van der Waals surface area contributed by atoms with Crippen LogP contribution in [0.3, 0.4) is 0 Å². The van der Waals surface area contributed by atoms with Crippen molar-refractivity contribution in [2.24, 2.45) is 0 Å². The topological polar surface area (TPSA) is 77.4 Å². The highest BCUT2D eigenvalue weighted by Crippen LogP contribution is 2.14. The molecule has 0 aliphatic rings. The molecule has 45 heavy (non-hydrogen) atoms. The third-order valence-electron chi connectivity index (χ3n) is 5.30. The van der Waals surface area contributed by atoms with Gasteiger partial charge in [0.05, 0.1) is 0 Å². The first kappa shape index (κ1) is 41.0. The highest BCUT2D eigenvalue weighted by molar-refractivity contribution is 5.27. The second kappa shape index (κ2) is 27.5. The van der Waals surface area contributed by atoms with E-state index in [-0.39, 0.29) is 26.4 Å². The molecule has 6 nitrogen and oxygen atoms in total. The van der Waals surface area contributed by atoms with Gasteiger partial charge in [-0.2, -0.15) is 0 Å². The molecule has 0 aliphatic heterocycles. The molecule has 2 unspecified atom stereocenters. The molecule has 0 saturated carbocycles. The molecule has 0 bridgehead atoms. The summed E-state index contributed by atoms with van der Waals surface area (Å²) >= 11 is 0. The summed E-state index contributed by atoms with van der Waals surface area (Å²) < 4.78 is 21.9. The summed E-state index contributed by atoms with van der Waals surface area (Å²) in [6, 6.07) is 34.3. The van der Waals surface area contributed by atoms with Crippen molar-refractivity contribution >= 4 is 0 Å². The van der Waals surface area contributed by atoms with Crippen LogP contribution in [0.5, 0.6) is 23.0 Å². The molecule has 6 heteroatoms. The van der Waals surface area contributed by atoms with Crippen molar-refractivity contribution in [1.29, 1.82) is 0 Å². The molecular formula is C39H56O6. The average molecular weight is 621 g/mol. The van der Waals surface area contributed by atoms with Crippen molar-refractivity contribution in [3.63, 3.8) is 0 Å². The molecule has 0 saturated heterocycles. The Kier molecular flexibility index (Phi) is 25.1. The predicted molar refractivity (Wildman–Crippen MR) is 188 cm³/mol. The fraction of sp³-hybridized carbons (Fsp3) is 0.385. The smallest absolute Gasteiger partial charge is 0.122 e. The number of aryl methyl sites for hydroxylation is 2. The van der Waals surface area contributed by atoms with Crippen molar-refractivity contribution in [2.45, 2.75) is 74.0 Å². The predicted octanol–water partition coefficient (Wildman–Crippen LogP) is 9.10. The Morgan fingerprint density at radius 1 is 0.422 bits per heavy atom. The number of rotatable bonds is 12. The van der Waals surface area contributed by atoms with Gasteiger partial charge in [-0.15, -0.1) is 0 Å². The van der Waals surface area contributed by atoms with Crippen molar-refractivity contribution in [2.75, 3.05) is 26.4 Å². The SMILES string of the molecule is CC.CC.CCC.Cc1ccc(OCC(O)COc2ccccc2)cc1.Cc1ccc(OCC(O)COc2ccccc2)cc1. The quantitative estimate of drug-likeness (QED) is 0.165. The van der Waals surface area contributed by atoms with E-state index >= 15 is 0 Å². The van der Waals surface area contributed by atoms with Gasteiger partial charge in [-0.25, -0.2) is 0 Å². The standard InChI is InChI=1S/2C16H18O3.C3H8.2C2H6/c2*1-13-7-9-16(10-8-13)19-12-14(17)11-18-15-5-3-2-4-6-15;1-3-2;2*1-2/h2*2-10,14,17H,11-12H2,1H3;3H2,1-2H3;2*1-2H3. The number of para-hydroxylation sites is 2. The maximum atomic E-state index is 9.78. The van der Waals surface area contributed by atoms with Gasteiger partial charge in [-0.05, 0) is 62.4 Å². The normalized spacial score (nSPS) is 10.7. The molecule has 0 aliphatic carbocycles. The summed E-state index contributed by atoms with van der Waals surface area (Å²) in [5.74, 6) is 3.00. The zero-order chi connectivity index (χ0) is 33.7. The molecule has 4 aromatic carbocycles. The Morgan fingerprint density at radius 2 is 0.644 bits per heavy atom. The molecule has 2 N–H and O–H groups in total. The molecule has 248 valence electrons. The highest BCUT2D eigenvalue weighted by Gasteiger charge is 2.07. The fourth-order valence-corrected chi connectivity index (χ4v) is 3.17. The average Bonchev–Trinajstić information content (AvgIpc) is 3.09. The lowest BCUT2D eigenvalue weighted by Crippen LogP contribution is -2.25. The van der Waals surface area contributed by atoms with Crippen LogP contribution < -0.4 is 18.9 Å². The zero-order valence-corrected chi connectivity index (χ0v) is 28.6. The summed E-state index contributed by atoms with van der Waals surface area (Å²) in [6.45, 7) is 17.2. The molecule has 0 aromatic heterocycles. The van der Waals surface area contributed by atoms with Crippen molar-refractivity contribution in [3.8, 4) is 23.0 Å². The summed E-state index contributed by atoms with van der Waals surface area (Å²) in [7, 11) is 0. The van der Waals surface area contributed by atoms with E-state index in [9.17, 15) is 10.2 Å². The number of aliphatic hydroxyl groups excluding tert-OH is 2. The van der Waals surface area contributed by atoms with Crippen molar-refractivity contribution in [3.05, 3.63) is 120 Å². The molecule has 2 atom stereocenters. The van der Waals surface area contributed by atoms with Gasteiger partial charge >= 0.3 is 0 Å². The van der Waals surface area contributed by atoms with E-state index in [1.807, 2.05) is 151 Å². The van der Waals surface area contributed by atoms with Crippen LogP contribution in [0, 0.1) is 13.8 Å². The first-order chi connectivity index (χ1) is 21.9. The van der Waals surface area contributed by atoms with E-state index in [0.717, 1.165) is 23.0 Å². The van der Waals surface area contributed by atoms with Gasteiger partial charge in [0, 0.05) is 0 Å². The first-order valence-corrected chi connectivity index (χ1v) is 16.0. The van der Waals surface area contributed by atoms with Crippen LogP contribution >= 0.6 is 0 Å². The number of ether oxygens (including phenoxy) is 4. The van der Waals surface area contributed by atoms with Crippen LogP contribution in [0.15, 0.2) is 109 Å². The Balaban J connectivity index is 0.000000718. The Hall–Kier alpha value is -4.00. The summed E-state index contributed by atoms with van der Waals surface area (Å²) in [4.78, 5) is 0. The third-order valence-corrected chi connectivity index (χ3v) is 5.30. The Labute approximate surface area is 272 Å². The van der Waals surface area contributed by atoms with E-state index < -0.39 is 12.2 Å². The molecule has 0 fully saturated rings. The molecule has 0 heterocycles. The van der Waals surface area contributed by atoms with E-state index in [2.05, 4.69) is 13.8 Å². The van der Waals surface area contributed by atoms with Gasteiger partial charge in [0.2, 0.25) is 0 Å². The lowest BCUT2D eigenvalue weighted by Gasteiger charge is -2.13. The lowest BCUT2D eigenvalue weighted by molar-refractivity contribution is 0.0626. The molecule has 0 radical (unpaired) electrons. The minimum atomic E-state index is -0.651. The number of benzene rings is 4. The molecule has 4 aromatic rings. The lowest BCUT2D eigenvalue weighted by atomic mass is 10.2. The first-order valence-electron chi connectivity index (χ1n) is 16.0. The van der Waals surface area contributed by atoms with Crippen LogP contribution in [-0.2, 0) is 0 Å². The third kappa shape index (κ3) is 21.4. The van der Waals surface area contributed by atoms with Crippen LogP contribution in [0.2, 0.25) is 0 Å². The summed E-state index contributed by atoms with van der Waals surface area (Å²) in [5, 5.41) is 19.6. The van der Waals surface area contributed by atoms with Gasteiger partial charge in [0.15, 0.2) is 0 Å². The van der Waals surface area contributed by atoms with Crippen LogP contribution in [0.4, 0.5) is 0 Å². The van der Waals surface area contributed by atoms with Crippen LogP contribution in [-0.4, -0.2) is 48.8 Å². The number of hydrogen-bond donors (Lipinski definition) is 2. The summed E-state index contributed by atoms with van der Waals surface area (Å²) in [6.07, 6.45) is -0.0528. The number of hydrogen-bond acceptors (Lipinski definition) is 6. The second-order valence-electron chi connectivity index (χ2n) is 9.51. The molecular weight excluding hydrogens is 564 g/mol. The summed E-state index contributed by atoms with van der Waals surface area (Å²) in [5.41, 5.74) is 2.36. The fourth-order valence-electron chi connectivity index (χ4n) is 3.17. The minimum absolute atomic E-state index is 0.218. The number of aliphatic hydroxyl groups is 2. The monoisotopic (exact) mass is 620 g/mol. The largest absolute Gasteiger partial charge is 0.491 e. The van der Waals surface area contributed by atoms with Crippen molar-refractivity contribution < 1.29 is 29.2 Å². The Morgan fingerprint density at radius 3 is 0.889 bits per heavy atom. The highest BCUT2D eigenvalue weighted by atomic mass is 16.5. The molecule has 4 rings (SSSR count). The van der Waals surface area contributed by atoms with E-state index in [1.165, 1.54) is 17.5 Å². The zero-order valence-electron chi connectivity index (χ0n) is 28.6. The van der Waals surface area contributed by atoms with E-state index in [1.54, 1.807) is 0 Å². The van der Waals surface area contributed by atoms with Gasteiger partial charge < -0.3 is 29.2 Å². The van der Waals surface area contributed by atoms with Gasteiger partial charge in [-0.3, -0.25) is 0 Å². The van der Waals surface area contributed by atoms with Gasteiger partial charge in [0.25, 0.3) is 0 Å². The van der Waals surface area contributed by atoms with Gasteiger partial charge in [-0.1, -0.05) is 120 Å². The minimum Gasteiger partial charge on any atom is -0.491 e. The van der Waals surface area contributed by atoms with E-state index in [4.69, 9.17) is 18.9 Å². The van der Waals surface area contributed by atoms with Gasteiger partial charge in [0.1, 0.15) is 61.6 Å². The van der Waals surface area contributed by atoms with Crippen molar-refractivity contribution in [1.82, 2.24) is 0 Å². The van der Waals surface area contributed by atoms with Crippen LogP contribution in [0.1, 0.15) is 59.1 Å². The Bertz CT molecular complexity index is 1070.